The summed E-state index contributed by atoms with van der Waals surface area (Å²) in [5, 5.41) is 23.2. The largest absolute Gasteiger partial charge is 0.477 e. The standard InChI is InChI=1S/C11H8FN3O4/c12-10-7(2-1-3-8(10)15(18)19)6-14-9(11(16)17)4-5-13-14/h1-5H,6H2,(H,16,17). The van der Waals surface area contributed by atoms with E-state index in [2.05, 4.69) is 5.10 Å². The summed E-state index contributed by atoms with van der Waals surface area (Å²) in [5.41, 5.74) is -0.771. The van der Waals surface area contributed by atoms with Crippen molar-refractivity contribution >= 4 is 11.7 Å². The summed E-state index contributed by atoms with van der Waals surface area (Å²) in [4.78, 5) is 20.6. The molecule has 0 bridgehead atoms. The molecular formula is C11H8FN3O4. The molecule has 0 aliphatic rings. The van der Waals surface area contributed by atoms with Crippen LogP contribution in [0.1, 0.15) is 16.1 Å². The van der Waals surface area contributed by atoms with Crippen molar-refractivity contribution in [1.82, 2.24) is 9.78 Å². The second-order valence-corrected chi connectivity index (χ2v) is 3.69. The minimum atomic E-state index is -1.21. The zero-order valence-corrected chi connectivity index (χ0v) is 9.49. The third-order valence-corrected chi connectivity index (χ3v) is 2.51. The molecule has 98 valence electrons. The Bertz CT molecular complexity index is 653. The third kappa shape index (κ3) is 2.41. The van der Waals surface area contributed by atoms with Gasteiger partial charge >= 0.3 is 11.7 Å². The minimum absolute atomic E-state index is 0.000370. The average Bonchev–Trinajstić information content (AvgIpc) is 2.79. The van der Waals surface area contributed by atoms with E-state index >= 15 is 0 Å². The van der Waals surface area contributed by atoms with E-state index in [0.717, 1.165) is 10.7 Å². The van der Waals surface area contributed by atoms with Crippen molar-refractivity contribution < 1.29 is 19.2 Å². The van der Waals surface area contributed by atoms with Crippen LogP contribution >= 0.6 is 0 Å². The fourth-order valence-corrected chi connectivity index (χ4v) is 1.63. The summed E-state index contributed by atoms with van der Waals surface area (Å²) >= 11 is 0. The molecule has 0 saturated carbocycles. The molecule has 0 atom stereocenters. The zero-order valence-electron chi connectivity index (χ0n) is 9.49. The molecule has 2 aromatic rings. The Morgan fingerprint density at radius 3 is 2.84 bits per heavy atom. The van der Waals surface area contributed by atoms with Gasteiger partial charge in [-0.3, -0.25) is 14.8 Å². The van der Waals surface area contributed by atoms with Gasteiger partial charge in [0, 0.05) is 17.8 Å². The lowest BCUT2D eigenvalue weighted by Gasteiger charge is -2.06. The fourth-order valence-electron chi connectivity index (χ4n) is 1.63. The van der Waals surface area contributed by atoms with Crippen LogP contribution in [0.25, 0.3) is 0 Å². The molecule has 0 unspecified atom stereocenters. The Morgan fingerprint density at radius 2 is 2.21 bits per heavy atom. The van der Waals surface area contributed by atoms with Gasteiger partial charge in [-0.05, 0) is 6.07 Å². The van der Waals surface area contributed by atoms with E-state index in [4.69, 9.17) is 5.11 Å². The van der Waals surface area contributed by atoms with Gasteiger partial charge < -0.3 is 5.11 Å². The van der Waals surface area contributed by atoms with Crippen molar-refractivity contribution in [3.8, 4) is 0 Å². The molecule has 1 N–H and O–H groups in total. The molecule has 19 heavy (non-hydrogen) atoms. The van der Waals surface area contributed by atoms with E-state index in [1.54, 1.807) is 0 Å². The van der Waals surface area contributed by atoms with Crippen LogP contribution in [0.3, 0.4) is 0 Å². The van der Waals surface area contributed by atoms with Crippen LogP contribution < -0.4 is 0 Å². The second kappa shape index (κ2) is 4.84. The van der Waals surface area contributed by atoms with Crippen molar-refractivity contribution in [2.24, 2.45) is 0 Å². The summed E-state index contributed by atoms with van der Waals surface area (Å²) < 4.78 is 14.9. The Hall–Kier alpha value is -2.77. The number of carbonyl (C=O) groups is 1. The number of rotatable bonds is 4. The number of nitro benzene ring substituents is 1. The highest BCUT2D eigenvalue weighted by molar-refractivity contribution is 5.85. The monoisotopic (exact) mass is 265 g/mol. The van der Waals surface area contributed by atoms with Crippen molar-refractivity contribution in [1.29, 1.82) is 0 Å². The summed E-state index contributed by atoms with van der Waals surface area (Å²) in [5.74, 6) is -2.19. The van der Waals surface area contributed by atoms with Gasteiger partial charge in [0.2, 0.25) is 5.82 Å². The van der Waals surface area contributed by atoms with Crippen molar-refractivity contribution in [2.75, 3.05) is 0 Å². The Morgan fingerprint density at radius 1 is 1.47 bits per heavy atom. The number of aromatic carboxylic acids is 1. The molecule has 0 fully saturated rings. The molecule has 0 aliphatic heterocycles. The molecule has 2 rings (SSSR count). The summed E-state index contributed by atoms with van der Waals surface area (Å²) in [6.07, 6.45) is 1.26. The molecule has 1 heterocycles. The lowest BCUT2D eigenvalue weighted by atomic mass is 10.2. The first-order valence-electron chi connectivity index (χ1n) is 5.17. The highest BCUT2D eigenvalue weighted by Crippen LogP contribution is 2.21. The van der Waals surface area contributed by atoms with E-state index in [-0.39, 0.29) is 17.8 Å². The molecule has 0 spiro atoms. The fraction of sp³-hybridized carbons (Fsp3) is 0.0909. The van der Waals surface area contributed by atoms with Crippen LogP contribution in [-0.4, -0.2) is 25.8 Å². The summed E-state index contributed by atoms with van der Waals surface area (Å²) in [6.45, 7) is -0.192. The summed E-state index contributed by atoms with van der Waals surface area (Å²) in [6, 6.07) is 4.98. The number of carboxylic acid groups (broad SMARTS) is 1. The predicted molar refractivity (Wildman–Crippen MR) is 61.3 cm³/mol. The smallest absolute Gasteiger partial charge is 0.354 e. The first kappa shape index (κ1) is 12.7. The van der Waals surface area contributed by atoms with Gasteiger partial charge in [0.25, 0.3) is 0 Å². The number of carboxylic acids is 1. The third-order valence-electron chi connectivity index (χ3n) is 2.51. The number of aromatic nitrogens is 2. The van der Waals surface area contributed by atoms with E-state index in [1.807, 2.05) is 0 Å². The van der Waals surface area contributed by atoms with Gasteiger partial charge in [0.05, 0.1) is 11.5 Å². The van der Waals surface area contributed by atoms with Gasteiger partial charge in [-0.2, -0.15) is 9.49 Å². The number of hydrogen-bond donors (Lipinski definition) is 1. The molecule has 0 amide bonds. The van der Waals surface area contributed by atoms with E-state index in [0.29, 0.717) is 0 Å². The summed E-state index contributed by atoms with van der Waals surface area (Å²) in [7, 11) is 0. The normalized spacial score (nSPS) is 10.4. The van der Waals surface area contributed by atoms with Crippen molar-refractivity contribution in [2.45, 2.75) is 6.54 Å². The lowest BCUT2D eigenvalue weighted by molar-refractivity contribution is -0.387. The molecule has 1 aromatic carbocycles. The van der Waals surface area contributed by atoms with Crippen molar-refractivity contribution in [3.63, 3.8) is 0 Å². The van der Waals surface area contributed by atoms with Crippen LogP contribution in [0, 0.1) is 15.9 Å². The van der Waals surface area contributed by atoms with E-state index in [9.17, 15) is 19.3 Å². The Kier molecular flexibility index (Phi) is 3.23. The van der Waals surface area contributed by atoms with E-state index in [1.165, 1.54) is 24.4 Å². The number of halogens is 1. The van der Waals surface area contributed by atoms with Gasteiger partial charge in [-0.15, -0.1) is 0 Å². The molecule has 0 radical (unpaired) electrons. The van der Waals surface area contributed by atoms with Crippen LogP contribution in [0.5, 0.6) is 0 Å². The van der Waals surface area contributed by atoms with E-state index < -0.39 is 22.4 Å². The van der Waals surface area contributed by atoms with Gasteiger partial charge in [-0.25, -0.2) is 4.79 Å². The maximum Gasteiger partial charge on any atom is 0.354 e. The van der Waals surface area contributed by atoms with Gasteiger partial charge in [0.1, 0.15) is 5.69 Å². The maximum atomic E-state index is 13.8. The van der Waals surface area contributed by atoms with Crippen molar-refractivity contribution in [3.05, 3.63) is 57.7 Å². The first-order chi connectivity index (χ1) is 9.00. The molecule has 8 heteroatoms. The maximum absolute atomic E-state index is 13.8. The molecule has 1 aromatic heterocycles. The first-order valence-corrected chi connectivity index (χ1v) is 5.17. The lowest BCUT2D eigenvalue weighted by Crippen LogP contribution is -2.12. The van der Waals surface area contributed by atoms with Crippen LogP contribution in [0.2, 0.25) is 0 Å². The van der Waals surface area contributed by atoms with Crippen LogP contribution in [-0.2, 0) is 6.54 Å². The highest BCUT2D eigenvalue weighted by Gasteiger charge is 2.19. The topological polar surface area (TPSA) is 98.3 Å². The van der Waals surface area contributed by atoms with Crippen LogP contribution in [0.4, 0.5) is 10.1 Å². The zero-order chi connectivity index (χ0) is 14.0. The molecular weight excluding hydrogens is 257 g/mol. The minimum Gasteiger partial charge on any atom is -0.477 e. The number of benzene rings is 1. The number of nitro groups is 1. The highest BCUT2D eigenvalue weighted by atomic mass is 19.1. The Labute approximate surface area is 106 Å². The SMILES string of the molecule is O=C(O)c1ccnn1Cc1cccc([N+](=O)[O-])c1F. The molecule has 0 aliphatic carbocycles. The predicted octanol–water partition coefficient (Wildman–Crippen LogP) is 1.68. The number of hydrogen-bond acceptors (Lipinski definition) is 4. The van der Waals surface area contributed by atoms with Crippen LogP contribution in [0.15, 0.2) is 30.5 Å². The molecule has 0 saturated heterocycles. The molecule has 7 nitrogen and oxygen atoms in total. The Balaban J connectivity index is 2.39. The quantitative estimate of drug-likeness (QED) is 0.669. The van der Waals surface area contributed by atoms with Gasteiger partial charge in [0.15, 0.2) is 0 Å². The number of nitrogens with zero attached hydrogens (tertiary/aromatic N) is 3. The average molecular weight is 265 g/mol. The van der Waals surface area contributed by atoms with Gasteiger partial charge in [-0.1, -0.05) is 12.1 Å². The second-order valence-electron chi connectivity index (χ2n) is 3.69.